The first-order chi connectivity index (χ1) is 13.0. The summed E-state index contributed by atoms with van der Waals surface area (Å²) in [6.07, 6.45) is 3.60. The van der Waals surface area contributed by atoms with Crippen LogP contribution in [-0.2, 0) is 26.1 Å². The van der Waals surface area contributed by atoms with E-state index >= 15 is 0 Å². The first-order valence-corrected chi connectivity index (χ1v) is 9.74. The normalized spacial score (nSPS) is 24.6. The highest BCUT2D eigenvalue weighted by atomic mass is 16.5. The molecule has 1 heterocycles. The van der Waals surface area contributed by atoms with Crippen LogP contribution in [0.2, 0.25) is 0 Å². The maximum absolute atomic E-state index is 13.8. The number of benzene rings is 2. The van der Waals surface area contributed by atoms with Gasteiger partial charge in [0.25, 0.3) is 0 Å². The van der Waals surface area contributed by atoms with Crippen molar-refractivity contribution in [3.8, 4) is 5.75 Å². The second kappa shape index (κ2) is 7.24. The smallest absolute Gasteiger partial charge is 0.121 e. The van der Waals surface area contributed by atoms with Crippen molar-refractivity contribution in [2.24, 2.45) is 5.92 Å². The van der Waals surface area contributed by atoms with Crippen LogP contribution in [0.3, 0.4) is 0 Å². The van der Waals surface area contributed by atoms with Crippen LogP contribution in [0.1, 0.15) is 46.7 Å². The first kappa shape index (κ1) is 18.4. The average Bonchev–Trinajstić information content (AvgIpc) is 3.47. The molecule has 0 spiro atoms. The molecule has 1 aliphatic carbocycles. The summed E-state index contributed by atoms with van der Waals surface area (Å²) >= 11 is 0. The number of nitrogens with zero attached hydrogens (tertiary/aromatic N) is 1. The number of hydrogen-bond acceptors (Lipinski definition) is 4. The molecule has 5 heteroatoms. The molecule has 0 aromatic heterocycles. The predicted octanol–water partition coefficient (Wildman–Crippen LogP) is 2.94. The molecule has 0 amide bonds. The molecule has 3 N–H and O–H groups in total. The fourth-order valence-electron chi connectivity index (χ4n) is 4.34. The summed E-state index contributed by atoms with van der Waals surface area (Å²) in [4.78, 5) is 0. The summed E-state index contributed by atoms with van der Waals surface area (Å²) in [5, 5.41) is 42.6. The van der Waals surface area contributed by atoms with Gasteiger partial charge in [-0.25, -0.2) is 0 Å². The Hall–Kier alpha value is -1.92. The quantitative estimate of drug-likeness (QED) is 0.540. The van der Waals surface area contributed by atoms with Crippen molar-refractivity contribution in [2.45, 2.75) is 44.9 Å². The number of aromatic hydroxyl groups is 1. The number of aliphatic hydroxyl groups is 2. The number of phenols is 1. The Morgan fingerprint density at radius 3 is 2.44 bits per heavy atom. The summed E-state index contributed by atoms with van der Waals surface area (Å²) in [5.74, 6) is 0.612. The van der Waals surface area contributed by atoms with Crippen LogP contribution < -0.4 is 0 Å². The van der Waals surface area contributed by atoms with Crippen molar-refractivity contribution >= 4 is 0 Å². The number of fused-ring (bicyclic) bond motifs is 1. The number of hydrogen-bond donors (Lipinski definition) is 3. The van der Waals surface area contributed by atoms with Crippen LogP contribution in [-0.4, -0.2) is 33.1 Å². The highest BCUT2D eigenvalue weighted by Crippen LogP contribution is 2.43. The summed E-state index contributed by atoms with van der Waals surface area (Å²) in [6.45, 7) is 1.02. The molecule has 1 saturated carbocycles. The van der Waals surface area contributed by atoms with Gasteiger partial charge in [-0.05, 0) is 35.6 Å². The van der Waals surface area contributed by atoms with Crippen molar-refractivity contribution in [3.63, 3.8) is 0 Å². The van der Waals surface area contributed by atoms with E-state index in [-0.39, 0.29) is 29.7 Å². The van der Waals surface area contributed by atoms with E-state index in [1.54, 1.807) is 12.1 Å². The molecule has 0 radical (unpaired) electrons. The zero-order valence-corrected chi connectivity index (χ0v) is 15.5. The predicted molar refractivity (Wildman–Crippen MR) is 103 cm³/mol. The zero-order valence-electron chi connectivity index (χ0n) is 15.5. The van der Waals surface area contributed by atoms with Gasteiger partial charge in [-0.15, -0.1) is 0 Å². The van der Waals surface area contributed by atoms with Crippen molar-refractivity contribution in [2.75, 3.05) is 13.1 Å². The lowest BCUT2D eigenvalue weighted by molar-refractivity contribution is -0.915. The molecule has 1 aliphatic heterocycles. The molecule has 2 aromatic rings. The number of rotatable bonds is 6. The van der Waals surface area contributed by atoms with Crippen molar-refractivity contribution < 1.29 is 20.0 Å². The Morgan fingerprint density at radius 2 is 1.78 bits per heavy atom. The van der Waals surface area contributed by atoms with Crippen LogP contribution in [0.25, 0.3) is 0 Å². The fourth-order valence-corrected chi connectivity index (χ4v) is 4.34. The third kappa shape index (κ3) is 3.73. The van der Waals surface area contributed by atoms with E-state index in [1.165, 1.54) is 0 Å². The maximum Gasteiger partial charge on any atom is 0.121 e. The van der Waals surface area contributed by atoms with Gasteiger partial charge >= 0.3 is 0 Å². The van der Waals surface area contributed by atoms with Gasteiger partial charge in [-0.2, -0.15) is 0 Å². The van der Waals surface area contributed by atoms with E-state index < -0.39 is 0 Å². The minimum Gasteiger partial charge on any atom is -0.632 e. The Bertz CT molecular complexity index is 833. The molecule has 2 atom stereocenters. The Labute approximate surface area is 159 Å². The van der Waals surface area contributed by atoms with Crippen LogP contribution in [0.5, 0.6) is 5.75 Å². The monoisotopic (exact) mass is 369 g/mol. The second-order valence-corrected chi connectivity index (χ2v) is 8.08. The number of aliphatic hydroxyl groups excluding tert-OH is 2. The molecule has 4 rings (SSSR count). The lowest BCUT2D eigenvalue weighted by Gasteiger charge is -2.52. The molecule has 0 saturated heterocycles. The zero-order chi connectivity index (χ0) is 19.0. The van der Waals surface area contributed by atoms with Gasteiger partial charge in [0.05, 0.1) is 26.3 Å². The number of hydroxylamine groups is 3. The van der Waals surface area contributed by atoms with E-state index in [0.717, 1.165) is 41.5 Å². The third-order valence-corrected chi connectivity index (χ3v) is 6.09. The topological polar surface area (TPSA) is 83.8 Å². The minimum atomic E-state index is -0.210. The second-order valence-electron chi connectivity index (χ2n) is 8.08. The van der Waals surface area contributed by atoms with Gasteiger partial charge in [0.1, 0.15) is 11.8 Å². The largest absolute Gasteiger partial charge is 0.632 e. The van der Waals surface area contributed by atoms with Crippen LogP contribution >= 0.6 is 0 Å². The van der Waals surface area contributed by atoms with E-state index in [9.17, 15) is 20.5 Å². The molecule has 0 unspecified atom stereocenters. The van der Waals surface area contributed by atoms with Gasteiger partial charge in [-0.3, -0.25) is 0 Å². The molecule has 1 fully saturated rings. The lowest BCUT2D eigenvalue weighted by atomic mass is 9.86. The minimum absolute atomic E-state index is 0.00783. The fraction of sp³-hybridized carbons (Fsp3) is 0.455. The van der Waals surface area contributed by atoms with Crippen molar-refractivity contribution in [1.82, 2.24) is 0 Å². The standard InChI is InChI=1S/C22H27NO4/c24-13-17-4-6-20-18(9-17)7-8-23(27,12-15-1-2-15)21(20)10-16-3-5-19(14-25)22(26)11-16/h3-6,9,11,15,21,24-26H,1-2,7-8,10,12-14H2/t21-,23-/m1/s1. The molecule has 2 aliphatic rings. The highest BCUT2D eigenvalue weighted by molar-refractivity contribution is 5.39. The Kier molecular flexibility index (Phi) is 4.95. The van der Waals surface area contributed by atoms with E-state index in [2.05, 4.69) is 0 Å². The van der Waals surface area contributed by atoms with Gasteiger partial charge in [-0.1, -0.05) is 30.3 Å². The first-order valence-electron chi connectivity index (χ1n) is 9.74. The molecule has 27 heavy (non-hydrogen) atoms. The molecule has 5 nitrogen and oxygen atoms in total. The van der Waals surface area contributed by atoms with Gasteiger partial charge in [0.2, 0.25) is 0 Å². The third-order valence-electron chi connectivity index (χ3n) is 6.09. The lowest BCUT2D eigenvalue weighted by Crippen LogP contribution is -2.51. The Morgan fingerprint density at radius 1 is 1.00 bits per heavy atom. The van der Waals surface area contributed by atoms with Crippen molar-refractivity contribution in [3.05, 3.63) is 69.4 Å². The summed E-state index contributed by atoms with van der Waals surface area (Å²) in [5.41, 5.74) is 4.51. The van der Waals surface area contributed by atoms with E-state index in [1.807, 2.05) is 24.3 Å². The van der Waals surface area contributed by atoms with Gasteiger partial charge in [0, 0.05) is 29.9 Å². The van der Waals surface area contributed by atoms with E-state index in [0.29, 0.717) is 31.0 Å². The summed E-state index contributed by atoms with van der Waals surface area (Å²) in [7, 11) is 0. The molecule has 0 bridgehead atoms. The summed E-state index contributed by atoms with van der Waals surface area (Å²) < 4.78 is -0.210. The van der Waals surface area contributed by atoms with Crippen LogP contribution in [0, 0.1) is 11.1 Å². The van der Waals surface area contributed by atoms with E-state index in [4.69, 9.17) is 0 Å². The molecule has 144 valence electrons. The van der Waals surface area contributed by atoms with Crippen LogP contribution in [0.4, 0.5) is 0 Å². The average molecular weight is 369 g/mol. The molecular formula is C22H27NO4. The molecule has 2 aromatic carbocycles. The van der Waals surface area contributed by atoms with Gasteiger partial charge < -0.3 is 25.2 Å². The number of quaternary nitrogens is 1. The van der Waals surface area contributed by atoms with Gasteiger partial charge in [0.15, 0.2) is 0 Å². The van der Waals surface area contributed by atoms with Crippen LogP contribution in [0.15, 0.2) is 36.4 Å². The summed E-state index contributed by atoms with van der Waals surface area (Å²) in [6, 6.07) is 11.0. The molecular weight excluding hydrogens is 342 g/mol. The highest BCUT2D eigenvalue weighted by Gasteiger charge is 2.40. The SMILES string of the molecule is [O-][N@@+]1(CC2CC2)CCc2cc(CO)ccc2[C@H]1Cc1ccc(CO)c(O)c1. The van der Waals surface area contributed by atoms with Crippen molar-refractivity contribution in [1.29, 1.82) is 0 Å². The Balaban J connectivity index is 1.69. The maximum atomic E-state index is 13.8.